The summed E-state index contributed by atoms with van der Waals surface area (Å²) in [5.41, 5.74) is 8.92. The smallest absolute Gasteiger partial charge is 0.213 e. The minimum atomic E-state index is -3.28. The van der Waals surface area contributed by atoms with Crippen molar-refractivity contribution in [1.82, 2.24) is 4.72 Å². The Bertz CT molecular complexity index is 646. The van der Waals surface area contributed by atoms with E-state index in [9.17, 15) is 8.42 Å². The Hall–Kier alpha value is -1.60. The van der Waals surface area contributed by atoms with Gasteiger partial charge in [-0.05, 0) is 55.9 Å². The van der Waals surface area contributed by atoms with Gasteiger partial charge < -0.3 is 11.1 Å². The molecule has 1 aliphatic carbocycles. The molecule has 6 nitrogen and oxygen atoms in total. The zero-order valence-electron chi connectivity index (χ0n) is 13.8. The molecule has 128 valence electrons. The summed E-state index contributed by atoms with van der Waals surface area (Å²) < 4.78 is 26.4. The van der Waals surface area contributed by atoms with E-state index in [0.29, 0.717) is 12.5 Å². The Morgan fingerprint density at radius 2 is 1.91 bits per heavy atom. The van der Waals surface area contributed by atoms with Crippen LogP contribution in [0.4, 0.5) is 5.69 Å². The molecule has 0 radical (unpaired) electrons. The molecule has 0 amide bonds. The average molecular weight is 338 g/mol. The molecule has 7 heteroatoms. The third-order valence-electron chi connectivity index (χ3n) is 3.95. The SMILES string of the molecule is Cc1cc(C)cc(NC(N)=NCCS(=O)(=O)NCC2CCC2)c1. The first kappa shape index (κ1) is 17.7. The number of sulfonamides is 1. The summed E-state index contributed by atoms with van der Waals surface area (Å²) in [4.78, 5) is 4.09. The van der Waals surface area contributed by atoms with E-state index in [1.807, 2.05) is 26.0 Å². The summed E-state index contributed by atoms with van der Waals surface area (Å²) in [5.74, 6) is 0.684. The average Bonchev–Trinajstić information content (AvgIpc) is 2.34. The van der Waals surface area contributed by atoms with Crippen LogP contribution in [0.2, 0.25) is 0 Å². The molecule has 1 aromatic rings. The molecule has 1 fully saturated rings. The van der Waals surface area contributed by atoms with Gasteiger partial charge in [-0.1, -0.05) is 12.5 Å². The lowest BCUT2D eigenvalue weighted by molar-refractivity contribution is 0.316. The first-order valence-corrected chi connectivity index (χ1v) is 9.62. The van der Waals surface area contributed by atoms with Crippen molar-refractivity contribution in [2.75, 3.05) is 24.2 Å². The topological polar surface area (TPSA) is 96.6 Å². The second-order valence-electron chi connectivity index (χ2n) is 6.23. The molecule has 0 atom stereocenters. The standard InChI is InChI=1S/C16H26N4O2S/c1-12-8-13(2)10-15(9-12)20-16(17)18-6-7-23(21,22)19-11-14-4-3-5-14/h8-10,14,19H,3-7,11H2,1-2H3,(H3,17,18,20). The third kappa shape index (κ3) is 6.19. The normalized spacial score (nSPS) is 16.2. The van der Waals surface area contributed by atoms with Crippen LogP contribution in [0.15, 0.2) is 23.2 Å². The molecule has 1 aromatic carbocycles. The Labute approximate surface area is 138 Å². The summed E-state index contributed by atoms with van der Waals surface area (Å²) in [6.07, 6.45) is 3.44. The summed E-state index contributed by atoms with van der Waals surface area (Å²) in [5, 5.41) is 2.99. The number of nitrogens with zero attached hydrogens (tertiary/aromatic N) is 1. The van der Waals surface area contributed by atoms with Gasteiger partial charge in [-0.15, -0.1) is 0 Å². The van der Waals surface area contributed by atoms with E-state index in [1.54, 1.807) is 0 Å². The number of nitrogens with one attached hydrogen (secondary N) is 2. The highest BCUT2D eigenvalue weighted by atomic mass is 32.2. The molecule has 0 aliphatic heterocycles. The number of anilines is 1. The van der Waals surface area contributed by atoms with Crippen molar-refractivity contribution in [2.45, 2.75) is 33.1 Å². The molecule has 2 rings (SSSR count). The Morgan fingerprint density at radius 1 is 1.26 bits per heavy atom. The van der Waals surface area contributed by atoms with E-state index < -0.39 is 10.0 Å². The summed E-state index contributed by atoms with van der Waals surface area (Å²) >= 11 is 0. The van der Waals surface area contributed by atoms with Gasteiger partial charge in [0.25, 0.3) is 0 Å². The number of hydrogen-bond donors (Lipinski definition) is 3. The van der Waals surface area contributed by atoms with Gasteiger partial charge >= 0.3 is 0 Å². The molecule has 0 saturated heterocycles. The van der Waals surface area contributed by atoms with Crippen LogP contribution in [0.5, 0.6) is 0 Å². The van der Waals surface area contributed by atoms with Crippen LogP contribution in [0.1, 0.15) is 30.4 Å². The van der Waals surface area contributed by atoms with Crippen molar-refractivity contribution in [3.8, 4) is 0 Å². The zero-order valence-corrected chi connectivity index (χ0v) is 14.6. The number of aryl methyl sites for hydroxylation is 2. The third-order valence-corrected chi connectivity index (χ3v) is 5.28. The van der Waals surface area contributed by atoms with Crippen molar-refractivity contribution >= 4 is 21.7 Å². The van der Waals surface area contributed by atoms with E-state index in [4.69, 9.17) is 5.73 Å². The van der Waals surface area contributed by atoms with Crippen molar-refractivity contribution < 1.29 is 8.42 Å². The van der Waals surface area contributed by atoms with E-state index in [0.717, 1.165) is 29.7 Å². The molecule has 0 heterocycles. The fourth-order valence-electron chi connectivity index (χ4n) is 2.53. The Morgan fingerprint density at radius 3 is 2.48 bits per heavy atom. The van der Waals surface area contributed by atoms with Gasteiger partial charge in [-0.3, -0.25) is 4.99 Å². The highest BCUT2D eigenvalue weighted by Crippen LogP contribution is 2.25. The number of rotatable bonds is 7. The van der Waals surface area contributed by atoms with Gasteiger partial charge in [0.2, 0.25) is 10.0 Å². The van der Waals surface area contributed by atoms with Crippen LogP contribution in [-0.4, -0.2) is 33.2 Å². The van der Waals surface area contributed by atoms with E-state index in [2.05, 4.69) is 21.1 Å². The lowest BCUT2D eigenvalue weighted by Gasteiger charge is -2.25. The van der Waals surface area contributed by atoms with Gasteiger partial charge in [0, 0.05) is 12.2 Å². The number of benzene rings is 1. The van der Waals surface area contributed by atoms with Crippen LogP contribution < -0.4 is 15.8 Å². The van der Waals surface area contributed by atoms with Crippen LogP contribution >= 0.6 is 0 Å². The van der Waals surface area contributed by atoms with E-state index in [-0.39, 0.29) is 18.3 Å². The fraction of sp³-hybridized carbons (Fsp3) is 0.562. The lowest BCUT2D eigenvalue weighted by atomic mass is 9.86. The highest BCUT2D eigenvalue weighted by Gasteiger charge is 2.19. The van der Waals surface area contributed by atoms with Crippen molar-refractivity contribution in [2.24, 2.45) is 16.6 Å². The molecule has 0 aromatic heterocycles. The molecule has 0 bridgehead atoms. The predicted molar refractivity (Wildman–Crippen MR) is 95.2 cm³/mol. The molecule has 1 aliphatic rings. The monoisotopic (exact) mass is 338 g/mol. The number of hydrogen-bond acceptors (Lipinski definition) is 3. The second-order valence-corrected chi connectivity index (χ2v) is 8.16. The first-order valence-electron chi connectivity index (χ1n) is 7.96. The van der Waals surface area contributed by atoms with Crippen LogP contribution in [0, 0.1) is 19.8 Å². The molecular formula is C16H26N4O2S. The van der Waals surface area contributed by atoms with Crippen LogP contribution in [0.3, 0.4) is 0 Å². The maximum atomic E-state index is 11.9. The van der Waals surface area contributed by atoms with Crippen molar-refractivity contribution in [1.29, 1.82) is 0 Å². The van der Waals surface area contributed by atoms with Gasteiger partial charge in [-0.25, -0.2) is 13.1 Å². The molecular weight excluding hydrogens is 312 g/mol. The number of guanidine groups is 1. The molecule has 1 saturated carbocycles. The van der Waals surface area contributed by atoms with Crippen LogP contribution in [-0.2, 0) is 10.0 Å². The maximum Gasteiger partial charge on any atom is 0.213 e. The van der Waals surface area contributed by atoms with Gasteiger partial charge in [0.15, 0.2) is 5.96 Å². The molecule has 23 heavy (non-hydrogen) atoms. The number of nitrogens with two attached hydrogens (primary N) is 1. The molecule has 0 spiro atoms. The zero-order chi connectivity index (χ0) is 16.9. The minimum Gasteiger partial charge on any atom is -0.370 e. The molecule has 4 N–H and O–H groups in total. The maximum absolute atomic E-state index is 11.9. The Balaban J connectivity index is 1.79. The highest BCUT2D eigenvalue weighted by molar-refractivity contribution is 7.89. The summed E-state index contributed by atoms with van der Waals surface area (Å²) in [7, 11) is -3.28. The quantitative estimate of drug-likeness (QED) is 0.521. The predicted octanol–water partition coefficient (Wildman–Crippen LogP) is 1.75. The van der Waals surface area contributed by atoms with Gasteiger partial charge in [0.05, 0.1) is 12.3 Å². The molecule has 0 unspecified atom stereocenters. The van der Waals surface area contributed by atoms with E-state index >= 15 is 0 Å². The van der Waals surface area contributed by atoms with E-state index in [1.165, 1.54) is 6.42 Å². The van der Waals surface area contributed by atoms with Crippen molar-refractivity contribution in [3.63, 3.8) is 0 Å². The fourth-order valence-corrected chi connectivity index (χ4v) is 3.50. The van der Waals surface area contributed by atoms with Crippen molar-refractivity contribution in [3.05, 3.63) is 29.3 Å². The largest absolute Gasteiger partial charge is 0.370 e. The first-order chi connectivity index (χ1) is 10.8. The Kier molecular flexibility index (Phi) is 6.01. The second kappa shape index (κ2) is 7.79. The van der Waals surface area contributed by atoms with Gasteiger partial charge in [-0.2, -0.15) is 0 Å². The van der Waals surface area contributed by atoms with Gasteiger partial charge in [0.1, 0.15) is 0 Å². The lowest BCUT2D eigenvalue weighted by Crippen LogP contribution is -2.34. The summed E-state index contributed by atoms with van der Waals surface area (Å²) in [6, 6.07) is 6.00. The number of aliphatic imine (C=N–C) groups is 1. The summed E-state index contributed by atoms with van der Waals surface area (Å²) in [6.45, 7) is 4.70. The minimum absolute atomic E-state index is 0.0467. The van der Waals surface area contributed by atoms with Crippen LogP contribution in [0.25, 0.3) is 0 Å².